The third-order valence-electron chi connectivity index (χ3n) is 4.32. The Morgan fingerprint density at radius 2 is 1.69 bits per heavy atom. The summed E-state index contributed by atoms with van der Waals surface area (Å²) in [5.41, 5.74) is 4.73. The second-order valence-electron chi connectivity index (χ2n) is 5.98. The molecule has 0 aliphatic rings. The minimum Gasteiger partial charge on any atom is -0.497 e. The van der Waals surface area contributed by atoms with Gasteiger partial charge in [-0.2, -0.15) is 5.10 Å². The number of nitrogens with one attached hydrogen (secondary N) is 1. The molecular weight excluding hydrogens is 350 g/mol. The Morgan fingerprint density at radius 1 is 1.04 bits per heavy atom. The molecule has 130 valence electrons. The molecule has 0 aliphatic carbocycles. The number of benzene rings is 2. The van der Waals surface area contributed by atoms with E-state index in [-0.39, 0.29) is 5.56 Å². The number of hydrogen-bond donors (Lipinski definition) is 1. The Bertz CT molecular complexity index is 1140. The van der Waals surface area contributed by atoms with Crippen LogP contribution in [0.15, 0.2) is 59.4 Å². The number of aromatic amines is 1. The lowest BCUT2D eigenvalue weighted by atomic mass is 10.1. The third-order valence-corrected chi connectivity index (χ3v) is 4.57. The van der Waals surface area contributed by atoms with Gasteiger partial charge in [-0.15, -0.1) is 0 Å². The first kappa shape index (κ1) is 16.4. The lowest BCUT2D eigenvalue weighted by Gasteiger charge is -2.07. The van der Waals surface area contributed by atoms with Crippen LogP contribution < -0.4 is 10.3 Å². The van der Waals surface area contributed by atoms with Gasteiger partial charge in [-0.1, -0.05) is 23.7 Å². The maximum Gasteiger partial charge on any atom is 0.251 e. The molecule has 0 radical (unpaired) electrons. The van der Waals surface area contributed by atoms with Crippen molar-refractivity contribution in [3.8, 4) is 28.1 Å². The molecule has 0 saturated heterocycles. The van der Waals surface area contributed by atoms with Crippen LogP contribution in [0.2, 0.25) is 5.02 Å². The summed E-state index contributed by atoms with van der Waals surface area (Å²) in [5, 5.41) is 5.32. The normalized spacial score (nSPS) is 11.0. The van der Waals surface area contributed by atoms with Gasteiger partial charge >= 0.3 is 0 Å². The predicted octanol–water partition coefficient (Wildman–Crippen LogP) is 4.33. The summed E-state index contributed by atoms with van der Waals surface area (Å²) in [7, 11) is 1.62. The molecule has 0 bridgehead atoms. The molecule has 4 aromatic rings. The Labute approximate surface area is 154 Å². The van der Waals surface area contributed by atoms with Gasteiger partial charge in [-0.3, -0.25) is 4.79 Å². The molecule has 0 fully saturated rings. The molecule has 2 aromatic carbocycles. The van der Waals surface area contributed by atoms with Gasteiger partial charge in [0.05, 0.1) is 18.5 Å². The molecule has 1 N–H and O–H groups in total. The first-order chi connectivity index (χ1) is 12.6. The van der Waals surface area contributed by atoms with E-state index in [4.69, 9.17) is 16.3 Å². The van der Waals surface area contributed by atoms with E-state index in [0.29, 0.717) is 10.7 Å². The number of methoxy groups -OCH3 is 1. The number of rotatable bonds is 3. The zero-order valence-corrected chi connectivity index (χ0v) is 15.0. The van der Waals surface area contributed by atoms with Gasteiger partial charge in [-0.05, 0) is 48.9 Å². The summed E-state index contributed by atoms with van der Waals surface area (Å²) in [4.78, 5) is 15.2. The number of fused-ring (bicyclic) bond motifs is 1. The molecular formula is C20H16ClN3O2. The van der Waals surface area contributed by atoms with E-state index >= 15 is 0 Å². The minimum absolute atomic E-state index is 0.182. The molecule has 4 rings (SSSR count). The Balaban J connectivity index is 1.97. The van der Waals surface area contributed by atoms with Crippen LogP contribution in [-0.4, -0.2) is 21.7 Å². The summed E-state index contributed by atoms with van der Waals surface area (Å²) in [6.07, 6.45) is 0. The molecule has 0 unspecified atom stereocenters. The molecule has 0 amide bonds. The van der Waals surface area contributed by atoms with Crippen molar-refractivity contribution < 1.29 is 4.74 Å². The number of aryl methyl sites for hydroxylation is 1. The molecule has 0 aliphatic heterocycles. The van der Waals surface area contributed by atoms with E-state index in [1.54, 1.807) is 17.7 Å². The Hall–Kier alpha value is -3.05. The highest BCUT2D eigenvalue weighted by Crippen LogP contribution is 2.30. The van der Waals surface area contributed by atoms with Crippen LogP contribution in [0.4, 0.5) is 0 Å². The standard InChI is InChI=1S/C20H16ClN3O2/c1-12-19(14-3-7-15(21)8-4-14)20-22-18(25)11-17(24(20)23-12)13-5-9-16(26-2)10-6-13/h3-11H,1-2H3,(H,22,25). The van der Waals surface area contributed by atoms with E-state index in [0.717, 1.165) is 33.8 Å². The predicted molar refractivity (Wildman–Crippen MR) is 103 cm³/mol. The van der Waals surface area contributed by atoms with Crippen molar-refractivity contribution in [1.29, 1.82) is 0 Å². The quantitative estimate of drug-likeness (QED) is 0.588. The maximum atomic E-state index is 12.3. The summed E-state index contributed by atoms with van der Waals surface area (Å²) in [5.74, 6) is 0.758. The lowest BCUT2D eigenvalue weighted by Crippen LogP contribution is -2.09. The van der Waals surface area contributed by atoms with Gasteiger partial charge in [0.1, 0.15) is 11.4 Å². The van der Waals surface area contributed by atoms with Gasteiger partial charge in [0.15, 0.2) is 0 Å². The van der Waals surface area contributed by atoms with Crippen LogP contribution in [-0.2, 0) is 0 Å². The fraction of sp³-hybridized carbons (Fsp3) is 0.100. The second-order valence-corrected chi connectivity index (χ2v) is 6.41. The SMILES string of the molecule is COc1ccc(-c2cc(=O)[nH]c3c(-c4ccc(Cl)cc4)c(C)nn23)cc1. The second kappa shape index (κ2) is 6.35. The summed E-state index contributed by atoms with van der Waals surface area (Å²) < 4.78 is 6.97. The zero-order chi connectivity index (χ0) is 18.3. The molecule has 2 heterocycles. The van der Waals surface area contributed by atoms with Crippen molar-refractivity contribution in [2.75, 3.05) is 7.11 Å². The fourth-order valence-electron chi connectivity index (χ4n) is 3.08. The highest BCUT2D eigenvalue weighted by Gasteiger charge is 2.16. The molecule has 6 heteroatoms. The van der Waals surface area contributed by atoms with Gasteiger partial charge < -0.3 is 9.72 Å². The van der Waals surface area contributed by atoms with E-state index in [1.165, 1.54) is 0 Å². The molecule has 0 saturated carbocycles. The monoisotopic (exact) mass is 365 g/mol. The van der Waals surface area contributed by atoms with Crippen molar-refractivity contribution in [2.24, 2.45) is 0 Å². The first-order valence-corrected chi connectivity index (χ1v) is 8.47. The van der Waals surface area contributed by atoms with E-state index in [2.05, 4.69) is 10.1 Å². The minimum atomic E-state index is -0.182. The third kappa shape index (κ3) is 2.76. The molecule has 5 nitrogen and oxygen atoms in total. The summed E-state index contributed by atoms with van der Waals surface area (Å²) >= 11 is 6.00. The maximum absolute atomic E-state index is 12.3. The number of H-pyrrole nitrogens is 1. The van der Waals surface area contributed by atoms with Crippen molar-refractivity contribution in [1.82, 2.24) is 14.6 Å². The van der Waals surface area contributed by atoms with Crippen molar-refractivity contribution >= 4 is 17.2 Å². The van der Waals surface area contributed by atoms with Crippen LogP contribution in [0.3, 0.4) is 0 Å². The van der Waals surface area contributed by atoms with Gasteiger partial charge in [0.2, 0.25) is 0 Å². The van der Waals surface area contributed by atoms with Crippen molar-refractivity contribution in [2.45, 2.75) is 6.92 Å². The van der Waals surface area contributed by atoms with Crippen molar-refractivity contribution in [3.63, 3.8) is 0 Å². The highest BCUT2D eigenvalue weighted by molar-refractivity contribution is 6.30. The summed E-state index contributed by atoms with van der Waals surface area (Å²) in [6.45, 7) is 1.92. The fourth-order valence-corrected chi connectivity index (χ4v) is 3.21. The van der Waals surface area contributed by atoms with Crippen LogP contribution in [0.1, 0.15) is 5.69 Å². The van der Waals surface area contributed by atoms with E-state index < -0.39 is 0 Å². The average molecular weight is 366 g/mol. The van der Waals surface area contributed by atoms with Gasteiger partial charge in [0.25, 0.3) is 5.56 Å². The number of nitrogens with zero attached hydrogens (tertiary/aromatic N) is 2. The number of aromatic nitrogens is 3. The molecule has 26 heavy (non-hydrogen) atoms. The lowest BCUT2D eigenvalue weighted by molar-refractivity contribution is 0.415. The zero-order valence-electron chi connectivity index (χ0n) is 14.3. The van der Waals surface area contributed by atoms with Crippen LogP contribution in [0, 0.1) is 6.92 Å². The number of halogens is 1. The number of hydrogen-bond acceptors (Lipinski definition) is 3. The Kier molecular flexibility index (Phi) is 4.01. The van der Waals surface area contributed by atoms with Crippen LogP contribution in [0.25, 0.3) is 28.0 Å². The number of ether oxygens (including phenoxy) is 1. The van der Waals surface area contributed by atoms with E-state index in [9.17, 15) is 4.79 Å². The first-order valence-electron chi connectivity index (χ1n) is 8.10. The molecule has 0 spiro atoms. The molecule has 2 aromatic heterocycles. The average Bonchev–Trinajstić information content (AvgIpc) is 2.97. The van der Waals surface area contributed by atoms with Gasteiger partial charge in [-0.25, -0.2) is 4.52 Å². The largest absolute Gasteiger partial charge is 0.497 e. The van der Waals surface area contributed by atoms with Gasteiger partial charge in [0, 0.05) is 22.2 Å². The highest BCUT2D eigenvalue weighted by atomic mass is 35.5. The van der Waals surface area contributed by atoms with Crippen LogP contribution in [0.5, 0.6) is 5.75 Å². The smallest absolute Gasteiger partial charge is 0.251 e. The molecule has 0 atom stereocenters. The summed E-state index contributed by atoms with van der Waals surface area (Å²) in [6, 6.07) is 16.6. The van der Waals surface area contributed by atoms with E-state index in [1.807, 2.05) is 55.5 Å². The topological polar surface area (TPSA) is 59.4 Å². The Morgan fingerprint density at radius 3 is 2.35 bits per heavy atom. The van der Waals surface area contributed by atoms with Crippen molar-refractivity contribution in [3.05, 3.63) is 75.7 Å². The van der Waals surface area contributed by atoms with Crippen LogP contribution >= 0.6 is 11.6 Å².